The van der Waals surface area contributed by atoms with E-state index in [2.05, 4.69) is 11.4 Å². The summed E-state index contributed by atoms with van der Waals surface area (Å²) >= 11 is 6.11. The van der Waals surface area contributed by atoms with Crippen LogP contribution in [-0.2, 0) is 6.42 Å². The van der Waals surface area contributed by atoms with Gasteiger partial charge in [-0.25, -0.2) is 0 Å². The molecule has 2 nitrogen and oxygen atoms in total. The summed E-state index contributed by atoms with van der Waals surface area (Å²) in [6.45, 7) is 1.07. The molecule has 0 saturated heterocycles. The molecule has 100 valence electrons. The second-order valence-electron chi connectivity index (χ2n) is 5.37. The number of ether oxygens (including phenoxy) is 1. The highest BCUT2D eigenvalue weighted by atomic mass is 35.5. The fraction of sp³-hybridized carbons (Fsp3) is 0.600. The minimum absolute atomic E-state index is 0.382. The van der Waals surface area contributed by atoms with Crippen LogP contribution in [0, 0.1) is 5.41 Å². The topological polar surface area (TPSA) is 21.3 Å². The summed E-state index contributed by atoms with van der Waals surface area (Å²) in [6.07, 6.45) is 6.32. The maximum absolute atomic E-state index is 6.11. The molecular formula is C15H22ClNO. The maximum Gasteiger partial charge on any atom is 0.122 e. The molecule has 0 spiro atoms. The first-order valence-electron chi connectivity index (χ1n) is 6.66. The molecule has 0 bridgehead atoms. The van der Waals surface area contributed by atoms with E-state index in [4.69, 9.17) is 16.3 Å². The number of nitrogens with one attached hydrogen (secondary N) is 1. The van der Waals surface area contributed by atoms with Crippen LogP contribution in [0.5, 0.6) is 5.75 Å². The molecule has 0 aliphatic heterocycles. The number of rotatable bonds is 5. The quantitative estimate of drug-likeness (QED) is 0.879. The van der Waals surface area contributed by atoms with Crippen molar-refractivity contribution in [1.29, 1.82) is 0 Å². The molecule has 1 aliphatic carbocycles. The zero-order valence-electron chi connectivity index (χ0n) is 11.3. The van der Waals surface area contributed by atoms with Gasteiger partial charge in [-0.05, 0) is 55.5 Å². The van der Waals surface area contributed by atoms with Crippen molar-refractivity contribution in [1.82, 2.24) is 5.32 Å². The van der Waals surface area contributed by atoms with Gasteiger partial charge in [0.1, 0.15) is 5.75 Å². The van der Waals surface area contributed by atoms with Crippen molar-refractivity contribution < 1.29 is 4.74 Å². The van der Waals surface area contributed by atoms with E-state index in [0.717, 1.165) is 23.7 Å². The molecule has 0 atom stereocenters. The number of hydrogen-bond donors (Lipinski definition) is 1. The minimum Gasteiger partial charge on any atom is -0.496 e. The second kappa shape index (κ2) is 5.94. The average Bonchev–Trinajstić information content (AvgIpc) is 2.78. The van der Waals surface area contributed by atoms with Crippen LogP contribution in [0.1, 0.15) is 31.2 Å². The molecule has 1 saturated carbocycles. The van der Waals surface area contributed by atoms with E-state index in [9.17, 15) is 0 Å². The lowest BCUT2D eigenvalue weighted by Crippen LogP contribution is -2.32. The Morgan fingerprint density at radius 2 is 2.06 bits per heavy atom. The van der Waals surface area contributed by atoms with Crippen molar-refractivity contribution in [2.24, 2.45) is 5.41 Å². The van der Waals surface area contributed by atoms with Gasteiger partial charge in [0.15, 0.2) is 0 Å². The summed E-state index contributed by atoms with van der Waals surface area (Å²) in [6, 6.07) is 5.92. The molecule has 0 amide bonds. The van der Waals surface area contributed by atoms with Gasteiger partial charge in [0, 0.05) is 11.6 Å². The summed E-state index contributed by atoms with van der Waals surface area (Å²) in [4.78, 5) is 0. The van der Waals surface area contributed by atoms with Gasteiger partial charge >= 0.3 is 0 Å². The largest absolute Gasteiger partial charge is 0.496 e. The summed E-state index contributed by atoms with van der Waals surface area (Å²) < 4.78 is 5.45. The van der Waals surface area contributed by atoms with Crippen LogP contribution in [0.3, 0.4) is 0 Å². The Morgan fingerprint density at radius 1 is 1.33 bits per heavy atom. The highest BCUT2D eigenvalue weighted by molar-refractivity contribution is 6.30. The molecule has 0 aromatic heterocycles. The van der Waals surface area contributed by atoms with Gasteiger partial charge in [0.25, 0.3) is 0 Å². The Labute approximate surface area is 115 Å². The van der Waals surface area contributed by atoms with E-state index < -0.39 is 0 Å². The van der Waals surface area contributed by atoms with Crippen LogP contribution in [-0.4, -0.2) is 20.7 Å². The third kappa shape index (κ3) is 2.99. The van der Waals surface area contributed by atoms with Crippen LogP contribution in [0.2, 0.25) is 5.02 Å². The Bertz CT molecular complexity index is 399. The van der Waals surface area contributed by atoms with Crippen molar-refractivity contribution in [3.05, 3.63) is 28.8 Å². The van der Waals surface area contributed by atoms with Crippen molar-refractivity contribution in [3.8, 4) is 5.75 Å². The smallest absolute Gasteiger partial charge is 0.122 e. The molecule has 0 radical (unpaired) electrons. The van der Waals surface area contributed by atoms with Gasteiger partial charge < -0.3 is 10.1 Å². The predicted molar refractivity (Wildman–Crippen MR) is 76.5 cm³/mol. The molecule has 1 N–H and O–H groups in total. The molecule has 1 aliphatic rings. The molecule has 1 fully saturated rings. The lowest BCUT2D eigenvalue weighted by Gasteiger charge is -2.29. The van der Waals surface area contributed by atoms with Gasteiger partial charge in [0.05, 0.1) is 7.11 Å². The molecule has 3 heteroatoms. The normalized spacial score (nSPS) is 17.9. The van der Waals surface area contributed by atoms with Gasteiger partial charge in [-0.3, -0.25) is 0 Å². The van der Waals surface area contributed by atoms with Crippen LogP contribution in [0.15, 0.2) is 18.2 Å². The first-order valence-corrected chi connectivity index (χ1v) is 7.04. The minimum atomic E-state index is 0.382. The van der Waals surface area contributed by atoms with Crippen molar-refractivity contribution in [2.45, 2.75) is 32.1 Å². The van der Waals surface area contributed by atoms with Gasteiger partial charge in [0.2, 0.25) is 0 Å². The molecule has 0 unspecified atom stereocenters. The van der Waals surface area contributed by atoms with Crippen molar-refractivity contribution in [3.63, 3.8) is 0 Å². The van der Waals surface area contributed by atoms with E-state index >= 15 is 0 Å². The van der Waals surface area contributed by atoms with Gasteiger partial charge in [-0.1, -0.05) is 24.4 Å². The van der Waals surface area contributed by atoms with Gasteiger partial charge in [-0.15, -0.1) is 0 Å². The van der Waals surface area contributed by atoms with E-state index in [0.29, 0.717) is 5.41 Å². The molecule has 2 rings (SSSR count). The number of halogens is 1. The predicted octanol–water partition coefficient (Wildman–Crippen LogP) is 3.67. The zero-order chi connectivity index (χ0) is 13.0. The number of methoxy groups -OCH3 is 1. The van der Waals surface area contributed by atoms with Crippen LogP contribution >= 0.6 is 11.6 Å². The fourth-order valence-corrected chi connectivity index (χ4v) is 3.40. The third-order valence-electron chi connectivity index (χ3n) is 4.02. The molecule has 0 heterocycles. The first kappa shape index (κ1) is 13.7. The standard InChI is InChI=1S/C15H22ClNO/c1-17-11-15(7-3-4-8-15)10-12-9-13(16)5-6-14(12)18-2/h5-6,9,17H,3-4,7-8,10-11H2,1-2H3. The third-order valence-corrected chi connectivity index (χ3v) is 4.26. The summed E-state index contributed by atoms with van der Waals surface area (Å²) in [5.41, 5.74) is 1.62. The SMILES string of the molecule is CNCC1(Cc2cc(Cl)ccc2OC)CCCC1. The molecular weight excluding hydrogens is 246 g/mol. The van der Waals surface area contributed by atoms with Crippen LogP contribution in [0.4, 0.5) is 0 Å². The summed E-state index contributed by atoms with van der Waals surface area (Å²) in [5, 5.41) is 4.14. The summed E-state index contributed by atoms with van der Waals surface area (Å²) in [7, 11) is 3.77. The zero-order valence-corrected chi connectivity index (χ0v) is 12.0. The van der Waals surface area contributed by atoms with Crippen LogP contribution in [0.25, 0.3) is 0 Å². The summed E-state index contributed by atoms with van der Waals surface area (Å²) in [5.74, 6) is 0.960. The fourth-order valence-electron chi connectivity index (χ4n) is 3.21. The second-order valence-corrected chi connectivity index (χ2v) is 5.81. The van der Waals surface area contributed by atoms with E-state index in [1.54, 1.807) is 7.11 Å². The monoisotopic (exact) mass is 267 g/mol. The first-order chi connectivity index (χ1) is 8.69. The molecule has 1 aromatic rings. The van der Waals surface area contributed by atoms with E-state index in [1.165, 1.54) is 31.2 Å². The highest BCUT2D eigenvalue weighted by Gasteiger charge is 2.34. The Balaban J connectivity index is 2.23. The van der Waals surface area contributed by atoms with Crippen molar-refractivity contribution >= 4 is 11.6 Å². The Kier molecular flexibility index (Phi) is 4.52. The average molecular weight is 268 g/mol. The van der Waals surface area contributed by atoms with E-state index in [1.807, 2.05) is 19.2 Å². The van der Waals surface area contributed by atoms with Crippen molar-refractivity contribution in [2.75, 3.05) is 20.7 Å². The lowest BCUT2D eigenvalue weighted by molar-refractivity contribution is 0.281. The highest BCUT2D eigenvalue weighted by Crippen LogP contribution is 2.42. The van der Waals surface area contributed by atoms with E-state index in [-0.39, 0.29) is 0 Å². The number of benzene rings is 1. The molecule has 18 heavy (non-hydrogen) atoms. The number of hydrogen-bond acceptors (Lipinski definition) is 2. The van der Waals surface area contributed by atoms with Crippen LogP contribution < -0.4 is 10.1 Å². The Morgan fingerprint density at radius 3 is 2.67 bits per heavy atom. The van der Waals surface area contributed by atoms with Gasteiger partial charge in [-0.2, -0.15) is 0 Å². The maximum atomic E-state index is 6.11. The molecule has 1 aromatic carbocycles. The Hall–Kier alpha value is -0.730. The lowest BCUT2D eigenvalue weighted by atomic mass is 9.79.